The lowest BCUT2D eigenvalue weighted by molar-refractivity contribution is 0.176. The van der Waals surface area contributed by atoms with Gasteiger partial charge in [0.05, 0.1) is 5.71 Å². The first kappa shape index (κ1) is 22.1. The van der Waals surface area contributed by atoms with Crippen LogP contribution in [0.3, 0.4) is 0 Å². The van der Waals surface area contributed by atoms with Crippen molar-refractivity contribution in [2.45, 2.75) is 65.7 Å². The zero-order chi connectivity index (χ0) is 23.3. The molecule has 6 rings (SSSR count). The normalized spacial score (nSPS) is 36.0. The molecule has 34 heavy (non-hydrogen) atoms. The number of unbranched alkanes of at least 4 members (excludes halogenated alkanes) is 1. The zero-order valence-electron chi connectivity index (χ0n) is 21.2. The van der Waals surface area contributed by atoms with Crippen LogP contribution in [-0.2, 0) is 0 Å². The van der Waals surface area contributed by atoms with Gasteiger partial charge in [0.25, 0.3) is 0 Å². The third-order valence-electron chi connectivity index (χ3n) is 9.58. The molecule has 176 valence electrons. The van der Waals surface area contributed by atoms with E-state index in [1.807, 2.05) is 5.57 Å². The summed E-state index contributed by atoms with van der Waals surface area (Å²) in [6.07, 6.45) is 23.5. The number of hydrogen-bond acceptors (Lipinski definition) is 1. The Labute approximate surface area is 206 Å². The van der Waals surface area contributed by atoms with Crippen LogP contribution in [-0.4, -0.2) is 12.3 Å². The van der Waals surface area contributed by atoms with Crippen LogP contribution in [0.2, 0.25) is 0 Å². The van der Waals surface area contributed by atoms with Gasteiger partial charge in [-0.3, -0.25) is 4.99 Å². The van der Waals surface area contributed by atoms with E-state index in [0.29, 0.717) is 11.3 Å². The molecule has 0 N–H and O–H groups in total. The lowest BCUT2D eigenvalue weighted by Crippen LogP contribution is -2.39. The van der Waals surface area contributed by atoms with Gasteiger partial charge in [-0.25, -0.2) is 0 Å². The topological polar surface area (TPSA) is 12.4 Å². The number of allylic oxidation sites excluding steroid dienone is 9. The van der Waals surface area contributed by atoms with Gasteiger partial charge in [-0.05, 0) is 84.1 Å². The van der Waals surface area contributed by atoms with Gasteiger partial charge in [-0.1, -0.05) is 93.5 Å². The van der Waals surface area contributed by atoms with Crippen molar-refractivity contribution in [3.63, 3.8) is 0 Å². The Bertz CT molecular complexity index is 1160. The standard InChI is InChI=1S/C33H39N/c1-4-6-11-24(23-12-9-8-10-13-23)14-15-31-27-19-25-26(28-16-18-33(28)21-30(25)33)20-29(27)32(3,22-34-31)17-7-5-2/h7-15,17,19,28-30H,4-6,16,18,20-22H2,1-3H3/b15-14-,17-7?,24-11+. The van der Waals surface area contributed by atoms with Crippen LogP contribution in [0, 0.1) is 28.6 Å². The molecular weight excluding hydrogens is 410 g/mol. The number of hydrogen-bond donors (Lipinski definition) is 0. The molecule has 1 aromatic rings. The molecule has 5 unspecified atom stereocenters. The number of fused-ring (bicyclic) bond motifs is 3. The first-order valence-corrected chi connectivity index (χ1v) is 13.7. The molecule has 2 saturated carbocycles. The van der Waals surface area contributed by atoms with Crippen molar-refractivity contribution in [3.05, 3.63) is 89.1 Å². The quantitative estimate of drug-likeness (QED) is 0.292. The highest BCUT2D eigenvalue weighted by molar-refractivity contribution is 6.11. The summed E-state index contributed by atoms with van der Waals surface area (Å²) in [5, 5.41) is 0. The lowest BCUT2D eigenvalue weighted by atomic mass is 9.61. The van der Waals surface area contributed by atoms with Crippen LogP contribution in [0.15, 0.2) is 88.5 Å². The van der Waals surface area contributed by atoms with Crippen LogP contribution in [0.1, 0.15) is 71.3 Å². The molecule has 1 nitrogen and oxygen atoms in total. The van der Waals surface area contributed by atoms with Gasteiger partial charge < -0.3 is 0 Å². The maximum atomic E-state index is 5.23. The summed E-state index contributed by atoms with van der Waals surface area (Å²) in [6, 6.07) is 10.8. The van der Waals surface area contributed by atoms with Gasteiger partial charge >= 0.3 is 0 Å². The maximum Gasteiger partial charge on any atom is 0.0610 e. The van der Waals surface area contributed by atoms with E-state index in [0.717, 1.165) is 31.2 Å². The van der Waals surface area contributed by atoms with Crippen molar-refractivity contribution in [1.29, 1.82) is 0 Å². The molecule has 5 atom stereocenters. The van der Waals surface area contributed by atoms with E-state index >= 15 is 0 Å². The molecule has 1 heterocycles. The smallest absolute Gasteiger partial charge is 0.0610 e. The summed E-state index contributed by atoms with van der Waals surface area (Å²) in [6.45, 7) is 7.85. The van der Waals surface area contributed by atoms with Gasteiger partial charge in [-0.15, -0.1) is 0 Å². The molecule has 0 bridgehead atoms. The molecule has 0 aromatic heterocycles. The van der Waals surface area contributed by atoms with E-state index in [1.165, 1.54) is 54.5 Å². The minimum Gasteiger partial charge on any atom is -0.284 e. The van der Waals surface area contributed by atoms with E-state index in [2.05, 4.69) is 87.6 Å². The summed E-state index contributed by atoms with van der Waals surface area (Å²) in [5.41, 5.74) is 9.74. The molecule has 1 aromatic carbocycles. The Morgan fingerprint density at radius 3 is 2.71 bits per heavy atom. The molecule has 4 aliphatic carbocycles. The summed E-state index contributed by atoms with van der Waals surface area (Å²) < 4.78 is 0. The van der Waals surface area contributed by atoms with Crippen LogP contribution in [0.25, 0.3) is 5.57 Å². The third-order valence-corrected chi connectivity index (χ3v) is 9.58. The average Bonchev–Trinajstić information content (AvgIpc) is 3.59. The van der Waals surface area contributed by atoms with Crippen molar-refractivity contribution in [1.82, 2.24) is 0 Å². The summed E-state index contributed by atoms with van der Waals surface area (Å²) in [5.74, 6) is 2.33. The Kier molecular flexibility index (Phi) is 5.43. The number of rotatable bonds is 7. The predicted molar refractivity (Wildman–Crippen MR) is 145 cm³/mol. The monoisotopic (exact) mass is 449 g/mol. The van der Waals surface area contributed by atoms with Crippen molar-refractivity contribution in [2.24, 2.45) is 33.6 Å². The highest BCUT2D eigenvalue weighted by atomic mass is 14.8. The van der Waals surface area contributed by atoms with Gasteiger partial charge in [0, 0.05) is 17.9 Å². The first-order valence-electron chi connectivity index (χ1n) is 13.7. The van der Waals surface area contributed by atoms with E-state index < -0.39 is 0 Å². The van der Waals surface area contributed by atoms with Crippen molar-refractivity contribution >= 4 is 11.3 Å². The lowest BCUT2D eigenvalue weighted by Gasteiger charge is -2.45. The summed E-state index contributed by atoms with van der Waals surface area (Å²) >= 11 is 0. The average molecular weight is 450 g/mol. The fraction of sp³-hybridized carbons (Fsp3) is 0.485. The van der Waals surface area contributed by atoms with Crippen molar-refractivity contribution < 1.29 is 0 Å². The molecule has 1 spiro atoms. The Balaban J connectivity index is 1.37. The zero-order valence-corrected chi connectivity index (χ0v) is 21.2. The van der Waals surface area contributed by atoms with E-state index in [9.17, 15) is 0 Å². The third kappa shape index (κ3) is 3.38. The van der Waals surface area contributed by atoms with Crippen LogP contribution in [0.5, 0.6) is 0 Å². The first-order chi connectivity index (χ1) is 16.6. The predicted octanol–water partition coefficient (Wildman–Crippen LogP) is 8.53. The van der Waals surface area contributed by atoms with Gasteiger partial charge in [0.2, 0.25) is 0 Å². The second-order valence-corrected chi connectivity index (χ2v) is 11.6. The highest BCUT2D eigenvalue weighted by Gasteiger charge is 2.70. The van der Waals surface area contributed by atoms with Gasteiger partial charge in [0.15, 0.2) is 0 Å². The van der Waals surface area contributed by atoms with Crippen molar-refractivity contribution in [2.75, 3.05) is 6.54 Å². The van der Waals surface area contributed by atoms with Gasteiger partial charge in [-0.2, -0.15) is 0 Å². The maximum absolute atomic E-state index is 5.23. The SMILES string of the molecule is CCC=CC1(C)CN=C(/C=C\C(=C/CCC)c2ccccc2)C2=CC3=C(CC21)C1CCC12CC32. The second kappa shape index (κ2) is 8.36. The minimum absolute atomic E-state index is 0.127. The van der Waals surface area contributed by atoms with E-state index in [1.54, 1.807) is 5.57 Å². The fourth-order valence-corrected chi connectivity index (χ4v) is 7.44. The molecule has 5 aliphatic rings. The summed E-state index contributed by atoms with van der Waals surface area (Å²) in [4.78, 5) is 5.23. The molecule has 1 aliphatic heterocycles. The van der Waals surface area contributed by atoms with Crippen molar-refractivity contribution in [3.8, 4) is 0 Å². The number of aliphatic imine (C=N–C) groups is 1. The van der Waals surface area contributed by atoms with Gasteiger partial charge in [0.1, 0.15) is 0 Å². The molecule has 1 heteroatoms. The van der Waals surface area contributed by atoms with E-state index in [4.69, 9.17) is 4.99 Å². The van der Waals surface area contributed by atoms with Crippen LogP contribution >= 0.6 is 0 Å². The largest absolute Gasteiger partial charge is 0.284 e. The Morgan fingerprint density at radius 2 is 1.97 bits per heavy atom. The number of nitrogens with zero attached hydrogens (tertiary/aromatic N) is 1. The summed E-state index contributed by atoms with van der Waals surface area (Å²) in [7, 11) is 0. The Morgan fingerprint density at radius 1 is 1.12 bits per heavy atom. The number of benzene rings is 1. The minimum atomic E-state index is 0.127. The molecule has 0 saturated heterocycles. The Hall–Kier alpha value is -2.41. The molecule has 0 amide bonds. The van der Waals surface area contributed by atoms with Crippen LogP contribution < -0.4 is 0 Å². The van der Waals surface area contributed by atoms with Crippen LogP contribution in [0.4, 0.5) is 0 Å². The second-order valence-electron chi connectivity index (χ2n) is 11.6. The fourth-order valence-electron chi connectivity index (χ4n) is 7.44. The molecule has 0 radical (unpaired) electrons. The molecular formula is C33H39N. The highest BCUT2D eigenvalue weighted by Crippen LogP contribution is 2.79. The molecule has 2 fully saturated rings. The van der Waals surface area contributed by atoms with E-state index in [-0.39, 0.29) is 5.41 Å².